The number of nitrogens with one attached hydrogen (secondary N) is 3. The molecule has 1 aliphatic carbocycles. The van der Waals surface area contributed by atoms with Crippen molar-refractivity contribution in [3.05, 3.63) is 59.1 Å². The van der Waals surface area contributed by atoms with E-state index in [9.17, 15) is 9.18 Å². The molecule has 0 bridgehead atoms. The Morgan fingerprint density at radius 3 is 2.72 bits per heavy atom. The Morgan fingerprint density at radius 1 is 1.22 bits per heavy atom. The summed E-state index contributed by atoms with van der Waals surface area (Å²) >= 11 is 11.8. The number of halogens is 3. The Bertz CT molecular complexity index is 1200. The lowest BCUT2D eigenvalue weighted by molar-refractivity contribution is -0.117. The summed E-state index contributed by atoms with van der Waals surface area (Å²) in [6.45, 7) is 3.46. The standard InChI is InChI=1S/C22H20Cl2FN5O2/c1-3-19(31)29-12-6-11(7-12)28-17-8-13-16(9-18(17)32-2)26-10-27-22(13)30-15-5-4-14(23)20(24)21(15)25/h3-5,8-12,28H,1,6-7H2,2H3,(H,29,31)(H,26,27,30). The van der Waals surface area contributed by atoms with E-state index < -0.39 is 5.82 Å². The summed E-state index contributed by atoms with van der Waals surface area (Å²) in [5.74, 6) is 0.170. The first-order chi connectivity index (χ1) is 15.4. The molecule has 0 aliphatic heterocycles. The zero-order valence-electron chi connectivity index (χ0n) is 17.1. The van der Waals surface area contributed by atoms with Crippen LogP contribution < -0.4 is 20.7 Å². The normalized spacial score (nSPS) is 17.4. The van der Waals surface area contributed by atoms with Crippen molar-refractivity contribution in [3.63, 3.8) is 0 Å². The van der Waals surface area contributed by atoms with Crippen LogP contribution >= 0.6 is 23.2 Å². The van der Waals surface area contributed by atoms with E-state index in [4.69, 9.17) is 27.9 Å². The minimum atomic E-state index is -0.667. The van der Waals surface area contributed by atoms with Gasteiger partial charge in [0.15, 0.2) is 5.82 Å². The second-order valence-corrected chi connectivity index (χ2v) is 8.15. The van der Waals surface area contributed by atoms with E-state index in [1.807, 2.05) is 6.07 Å². The van der Waals surface area contributed by atoms with Crippen LogP contribution in [0.15, 0.2) is 43.2 Å². The molecule has 1 amide bonds. The number of nitrogens with zero attached hydrogens (tertiary/aromatic N) is 2. The van der Waals surface area contributed by atoms with Gasteiger partial charge in [-0.2, -0.15) is 0 Å². The first kappa shape index (κ1) is 22.1. The molecule has 1 heterocycles. The molecular formula is C22H20Cl2FN5O2. The maximum absolute atomic E-state index is 14.5. The molecule has 1 aliphatic rings. The summed E-state index contributed by atoms with van der Waals surface area (Å²) in [5, 5.41) is 9.90. The van der Waals surface area contributed by atoms with Gasteiger partial charge in [-0.25, -0.2) is 14.4 Å². The van der Waals surface area contributed by atoms with Gasteiger partial charge in [0.1, 0.15) is 17.9 Å². The van der Waals surface area contributed by atoms with Crippen molar-refractivity contribution in [1.29, 1.82) is 0 Å². The number of aromatic nitrogens is 2. The fraction of sp³-hybridized carbons (Fsp3) is 0.227. The zero-order valence-corrected chi connectivity index (χ0v) is 18.6. The molecule has 3 aromatic rings. The molecule has 0 spiro atoms. The summed E-state index contributed by atoms with van der Waals surface area (Å²) in [5.41, 5.74) is 1.51. The van der Waals surface area contributed by atoms with Crippen LogP contribution in [0.4, 0.5) is 21.6 Å². The van der Waals surface area contributed by atoms with E-state index in [1.165, 1.54) is 24.5 Å². The smallest absolute Gasteiger partial charge is 0.243 e. The average Bonchev–Trinajstić information content (AvgIpc) is 2.77. The van der Waals surface area contributed by atoms with Crippen LogP contribution in [0.1, 0.15) is 12.8 Å². The maximum atomic E-state index is 14.5. The highest BCUT2D eigenvalue weighted by molar-refractivity contribution is 6.42. The van der Waals surface area contributed by atoms with Crippen LogP contribution in [0.25, 0.3) is 10.9 Å². The van der Waals surface area contributed by atoms with Gasteiger partial charge in [-0.15, -0.1) is 0 Å². The summed E-state index contributed by atoms with van der Waals surface area (Å²) in [6, 6.07) is 6.89. The molecule has 0 unspecified atom stereocenters. The number of methoxy groups -OCH3 is 1. The molecule has 7 nitrogen and oxygen atoms in total. The summed E-state index contributed by atoms with van der Waals surface area (Å²) in [4.78, 5) is 20.0. The van der Waals surface area contributed by atoms with Crippen molar-refractivity contribution in [2.24, 2.45) is 0 Å². The van der Waals surface area contributed by atoms with Gasteiger partial charge in [-0.05, 0) is 37.1 Å². The van der Waals surface area contributed by atoms with Crippen molar-refractivity contribution in [3.8, 4) is 5.75 Å². The third-order valence-electron chi connectivity index (χ3n) is 5.27. The second kappa shape index (κ2) is 9.18. The minimum Gasteiger partial charge on any atom is -0.495 e. The lowest BCUT2D eigenvalue weighted by Gasteiger charge is -2.37. The van der Waals surface area contributed by atoms with Gasteiger partial charge in [0.05, 0.1) is 34.0 Å². The fourth-order valence-corrected chi connectivity index (χ4v) is 3.86. The van der Waals surface area contributed by atoms with Gasteiger partial charge in [0, 0.05) is 23.5 Å². The zero-order chi connectivity index (χ0) is 22.8. The number of carbonyl (C=O) groups is 1. The Hall–Kier alpha value is -3.10. The summed E-state index contributed by atoms with van der Waals surface area (Å²) in [6.07, 6.45) is 4.18. The van der Waals surface area contributed by atoms with E-state index in [1.54, 1.807) is 13.2 Å². The predicted molar refractivity (Wildman–Crippen MR) is 125 cm³/mol. The number of hydrogen-bond acceptors (Lipinski definition) is 6. The third-order valence-corrected chi connectivity index (χ3v) is 6.06. The van der Waals surface area contributed by atoms with Gasteiger partial charge in [-0.3, -0.25) is 4.79 Å². The van der Waals surface area contributed by atoms with Crippen LogP contribution in [-0.4, -0.2) is 35.1 Å². The highest BCUT2D eigenvalue weighted by atomic mass is 35.5. The van der Waals surface area contributed by atoms with Crippen LogP contribution in [0.2, 0.25) is 10.0 Å². The summed E-state index contributed by atoms with van der Waals surface area (Å²) < 4.78 is 20.1. The molecule has 10 heteroatoms. The molecule has 1 aromatic heterocycles. The first-order valence-electron chi connectivity index (χ1n) is 9.82. The number of ether oxygens (including phenoxy) is 1. The average molecular weight is 476 g/mol. The van der Waals surface area contributed by atoms with Gasteiger partial charge < -0.3 is 20.7 Å². The van der Waals surface area contributed by atoms with Crippen molar-refractivity contribution >= 4 is 57.2 Å². The van der Waals surface area contributed by atoms with Crippen LogP contribution in [0, 0.1) is 5.82 Å². The largest absolute Gasteiger partial charge is 0.495 e. The number of carbonyl (C=O) groups excluding carboxylic acids is 1. The highest BCUT2D eigenvalue weighted by Gasteiger charge is 2.30. The molecule has 0 radical (unpaired) electrons. The van der Waals surface area contributed by atoms with E-state index in [0.717, 1.165) is 18.5 Å². The topological polar surface area (TPSA) is 88.2 Å². The Morgan fingerprint density at radius 2 is 2.00 bits per heavy atom. The molecule has 4 rings (SSSR count). The molecule has 0 saturated heterocycles. The number of hydrogen-bond donors (Lipinski definition) is 3. The van der Waals surface area contributed by atoms with Crippen molar-refractivity contribution < 1.29 is 13.9 Å². The molecule has 1 saturated carbocycles. The SMILES string of the molecule is C=CC(=O)NC1CC(Nc2cc3c(Nc4ccc(Cl)c(Cl)c4F)ncnc3cc2OC)C1. The van der Waals surface area contributed by atoms with Crippen LogP contribution in [-0.2, 0) is 4.79 Å². The lowest BCUT2D eigenvalue weighted by Crippen LogP contribution is -2.49. The van der Waals surface area contributed by atoms with Gasteiger partial charge in [-0.1, -0.05) is 29.8 Å². The number of rotatable bonds is 7. The fourth-order valence-electron chi connectivity index (χ4n) is 3.55. The van der Waals surface area contributed by atoms with Crippen LogP contribution in [0.5, 0.6) is 5.75 Å². The quantitative estimate of drug-likeness (QED) is 0.326. The Labute approximate surface area is 194 Å². The molecule has 32 heavy (non-hydrogen) atoms. The highest BCUT2D eigenvalue weighted by Crippen LogP contribution is 2.37. The molecule has 3 N–H and O–H groups in total. The van der Waals surface area contributed by atoms with Crippen molar-refractivity contribution in [2.75, 3.05) is 17.7 Å². The summed E-state index contributed by atoms with van der Waals surface area (Å²) in [7, 11) is 1.58. The van der Waals surface area contributed by atoms with Gasteiger partial charge in [0.25, 0.3) is 0 Å². The maximum Gasteiger partial charge on any atom is 0.243 e. The Kier molecular flexibility index (Phi) is 6.34. The third kappa shape index (κ3) is 4.42. The molecule has 0 atom stereocenters. The van der Waals surface area contributed by atoms with E-state index in [2.05, 4.69) is 32.5 Å². The number of fused-ring (bicyclic) bond motifs is 1. The monoisotopic (exact) mass is 475 g/mol. The van der Waals surface area contributed by atoms with Gasteiger partial charge >= 0.3 is 0 Å². The molecular weight excluding hydrogens is 456 g/mol. The first-order valence-corrected chi connectivity index (χ1v) is 10.6. The molecule has 1 fully saturated rings. The molecule has 2 aromatic carbocycles. The number of benzene rings is 2. The number of amides is 1. The van der Waals surface area contributed by atoms with E-state index in [-0.39, 0.29) is 33.7 Å². The second-order valence-electron chi connectivity index (χ2n) is 7.36. The van der Waals surface area contributed by atoms with Crippen LogP contribution in [0.3, 0.4) is 0 Å². The van der Waals surface area contributed by atoms with E-state index in [0.29, 0.717) is 22.5 Å². The van der Waals surface area contributed by atoms with Gasteiger partial charge in [0.2, 0.25) is 5.91 Å². The minimum absolute atomic E-state index is 0.0997. The lowest BCUT2D eigenvalue weighted by atomic mass is 9.86. The Balaban J connectivity index is 1.60. The predicted octanol–water partition coefficient (Wildman–Crippen LogP) is 5.07. The van der Waals surface area contributed by atoms with Crippen molar-refractivity contribution in [1.82, 2.24) is 15.3 Å². The van der Waals surface area contributed by atoms with Crippen molar-refractivity contribution in [2.45, 2.75) is 24.9 Å². The number of anilines is 3. The molecule has 166 valence electrons. The van der Waals surface area contributed by atoms with E-state index >= 15 is 0 Å².